The molecular formula is C26H19ClF3NO5. The summed E-state index contributed by atoms with van der Waals surface area (Å²) < 4.78 is 57.2. The number of fused-ring (bicyclic) bond motifs is 1. The third kappa shape index (κ3) is 5.80. The van der Waals surface area contributed by atoms with Crippen molar-refractivity contribution in [3.8, 4) is 17.2 Å². The van der Waals surface area contributed by atoms with Crippen LogP contribution in [0.25, 0.3) is 11.0 Å². The lowest BCUT2D eigenvalue weighted by molar-refractivity contribution is -0.154. The molecule has 0 unspecified atom stereocenters. The molecule has 0 fully saturated rings. The minimum absolute atomic E-state index is 0.0352. The third-order valence-electron chi connectivity index (χ3n) is 4.99. The van der Waals surface area contributed by atoms with Gasteiger partial charge in [0.15, 0.2) is 6.61 Å². The van der Waals surface area contributed by atoms with Gasteiger partial charge in [-0.1, -0.05) is 17.7 Å². The van der Waals surface area contributed by atoms with E-state index in [2.05, 4.69) is 5.32 Å². The maximum atomic E-state index is 13.8. The molecule has 6 nitrogen and oxygen atoms in total. The van der Waals surface area contributed by atoms with Crippen LogP contribution in [-0.2, 0) is 11.0 Å². The highest BCUT2D eigenvalue weighted by Crippen LogP contribution is 2.39. The van der Waals surface area contributed by atoms with Crippen LogP contribution in [0.4, 0.5) is 18.9 Å². The molecule has 0 aliphatic rings. The maximum Gasteiger partial charge on any atom is 0.453 e. The fourth-order valence-corrected chi connectivity index (χ4v) is 3.64. The normalized spacial score (nSPS) is 11.4. The summed E-state index contributed by atoms with van der Waals surface area (Å²) in [5.41, 5.74) is 0.644. The molecule has 0 aliphatic carbocycles. The highest BCUT2D eigenvalue weighted by molar-refractivity contribution is 6.30. The van der Waals surface area contributed by atoms with E-state index in [1.165, 1.54) is 24.3 Å². The van der Waals surface area contributed by atoms with E-state index in [1.54, 1.807) is 38.1 Å². The summed E-state index contributed by atoms with van der Waals surface area (Å²) in [5, 5.41) is 2.96. The van der Waals surface area contributed by atoms with Crippen molar-refractivity contribution in [3.63, 3.8) is 0 Å². The number of hydrogen-bond donors (Lipinski definition) is 1. The Bertz CT molecular complexity index is 1480. The van der Waals surface area contributed by atoms with Crippen LogP contribution < -0.4 is 20.2 Å². The Morgan fingerprint density at radius 2 is 1.64 bits per heavy atom. The van der Waals surface area contributed by atoms with E-state index in [9.17, 15) is 22.8 Å². The summed E-state index contributed by atoms with van der Waals surface area (Å²) >= 11 is 5.80. The first kappa shape index (κ1) is 25.1. The second-order valence-electron chi connectivity index (χ2n) is 8.01. The van der Waals surface area contributed by atoms with Crippen molar-refractivity contribution < 1.29 is 31.9 Å². The number of amides is 1. The summed E-state index contributed by atoms with van der Waals surface area (Å²) in [4.78, 5) is 25.1. The van der Waals surface area contributed by atoms with Crippen LogP contribution in [0, 0.1) is 13.8 Å². The minimum atomic E-state index is -5.00. The van der Waals surface area contributed by atoms with Crippen molar-refractivity contribution in [2.45, 2.75) is 20.0 Å². The Labute approximate surface area is 208 Å². The van der Waals surface area contributed by atoms with Gasteiger partial charge in [-0.2, -0.15) is 13.2 Å². The van der Waals surface area contributed by atoms with Crippen molar-refractivity contribution in [1.29, 1.82) is 0 Å². The van der Waals surface area contributed by atoms with Gasteiger partial charge in [-0.15, -0.1) is 0 Å². The summed E-state index contributed by atoms with van der Waals surface area (Å²) in [6, 6.07) is 15.0. The molecule has 186 valence electrons. The van der Waals surface area contributed by atoms with Gasteiger partial charge in [0.25, 0.3) is 11.7 Å². The average molecular weight is 518 g/mol. The number of carbonyl (C=O) groups excluding carboxylic acids is 1. The van der Waals surface area contributed by atoms with Crippen LogP contribution in [0.2, 0.25) is 5.02 Å². The van der Waals surface area contributed by atoms with Crippen molar-refractivity contribution in [3.05, 3.63) is 92.8 Å². The van der Waals surface area contributed by atoms with Crippen molar-refractivity contribution in [1.82, 2.24) is 0 Å². The number of rotatable bonds is 6. The Morgan fingerprint density at radius 3 is 2.28 bits per heavy atom. The fraction of sp³-hybridized carbons (Fsp3) is 0.154. The summed E-state index contributed by atoms with van der Waals surface area (Å²) in [7, 11) is 0. The number of benzene rings is 3. The zero-order valence-electron chi connectivity index (χ0n) is 19.0. The van der Waals surface area contributed by atoms with E-state index < -0.39 is 35.6 Å². The molecule has 0 spiro atoms. The van der Waals surface area contributed by atoms with Gasteiger partial charge in [-0.25, -0.2) is 0 Å². The topological polar surface area (TPSA) is 77.8 Å². The van der Waals surface area contributed by atoms with Gasteiger partial charge in [0.1, 0.15) is 17.1 Å². The largest absolute Gasteiger partial charge is 0.484 e. The predicted molar refractivity (Wildman–Crippen MR) is 129 cm³/mol. The van der Waals surface area contributed by atoms with Gasteiger partial charge in [0, 0.05) is 16.8 Å². The van der Waals surface area contributed by atoms with Gasteiger partial charge in [-0.3, -0.25) is 9.59 Å². The molecule has 1 heterocycles. The van der Waals surface area contributed by atoms with Crippen LogP contribution in [0.15, 0.2) is 69.9 Å². The molecule has 4 rings (SSSR count). The molecule has 0 atom stereocenters. The molecule has 36 heavy (non-hydrogen) atoms. The molecular weight excluding hydrogens is 499 g/mol. The second kappa shape index (κ2) is 9.94. The van der Waals surface area contributed by atoms with E-state index in [0.717, 1.165) is 17.2 Å². The van der Waals surface area contributed by atoms with Crippen LogP contribution in [0.5, 0.6) is 17.2 Å². The first-order valence-electron chi connectivity index (χ1n) is 10.6. The SMILES string of the molecule is Cc1cc(C)cc(Oc2c(C(F)(F)F)oc3cc(OCC(=O)Nc4ccc(Cl)cc4)ccc3c2=O)c1. The summed E-state index contributed by atoms with van der Waals surface area (Å²) in [6.45, 7) is 3.08. The third-order valence-corrected chi connectivity index (χ3v) is 5.24. The maximum absolute atomic E-state index is 13.8. The molecule has 4 aromatic rings. The summed E-state index contributed by atoms with van der Waals surface area (Å²) in [5.74, 6) is -2.93. The molecule has 0 saturated heterocycles. The first-order chi connectivity index (χ1) is 17.0. The van der Waals surface area contributed by atoms with E-state index in [1.807, 2.05) is 6.07 Å². The Kier molecular flexibility index (Phi) is 6.94. The molecule has 1 N–H and O–H groups in total. The zero-order chi connectivity index (χ0) is 26.0. The monoisotopic (exact) mass is 517 g/mol. The lowest BCUT2D eigenvalue weighted by Crippen LogP contribution is -2.20. The van der Waals surface area contributed by atoms with Crippen molar-refractivity contribution >= 4 is 34.2 Å². The van der Waals surface area contributed by atoms with Gasteiger partial charge in [0.05, 0.1) is 5.39 Å². The summed E-state index contributed by atoms with van der Waals surface area (Å²) in [6.07, 6.45) is -5.00. The standard InChI is InChI=1S/C26H19ClF3NO5/c1-14-9-15(2)11-19(10-14)35-24-23(33)20-8-7-18(12-21(20)36-25(24)26(28,29)30)34-13-22(32)31-17-5-3-16(27)4-6-17/h3-12H,13H2,1-2H3,(H,31,32). The van der Waals surface area contributed by atoms with E-state index in [-0.39, 0.29) is 22.5 Å². The van der Waals surface area contributed by atoms with Crippen LogP contribution in [-0.4, -0.2) is 12.5 Å². The number of aryl methyl sites for hydroxylation is 2. The number of anilines is 1. The molecule has 0 radical (unpaired) electrons. The lowest BCUT2D eigenvalue weighted by atomic mass is 10.1. The number of halogens is 4. The van der Waals surface area contributed by atoms with E-state index in [4.69, 9.17) is 25.5 Å². The van der Waals surface area contributed by atoms with Crippen LogP contribution in [0.3, 0.4) is 0 Å². The Hall–Kier alpha value is -3.98. The lowest BCUT2D eigenvalue weighted by Gasteiger charge is -2.14. The van der Waals surface area contributed by atoms with Crippen molar-refractivity contribution in [2.75, 3.05) is 11.9 Å². The Morgan fingerprint density at radius 1 is 0.972 bits per heavy atom. The predicted octanol–water partition coefficient (Wildman–Crippen LogP) is 6.89. The molecule has 0 bridgehead atoms. The first-order valence-corrected chi connectivity index (χ1v) is 11.0. The number of ether oxygens (including phenoxy) is 2. The molecule has 3 aromatic carbocycles. The number of hydrogen-bond acceptors (Lipinski definition) is 5. The zero-order valence-corrected chi connectivity index (χ0v) is 19.8. The second-order valence-corrected chi connectivity index (χ2v) is 8.45. The van der Waals surface area contributed by atoms with Crippen LogP contribution in [0.1, 0.15) is 16.9 Å². The minimum Gasteiger partial charge on any atom is -0.484 e. The average Bonchev–Trinajstić information content (AvgIpc) is 2.79. The van der Waals surface area contributed by atoms with E-state index in [0.29, 0.717) is 10.7 Å². The van der Waals surface area contributed by atoms with Gasteiger partial charge in [-0.05, 0) is 73.5 Å². The van der Waals surface area contributed by atoms with Gasteiger partial charge in [0.2, 0.25) is 11.2 Å². The molecule has 1 aromatic heterocycles. The molecule has 1 amide bonds. The molecule has 0 saturated carbocycles. The number of nitrogens with one attached hydrogen (secondary N) is 1. The molecule has 10 heteroatoms. The fourth-order valence-electron chi connectivity index (χ4n) is 3.51. The van der Waals surface area contributed by atoms with Gasteiger partial charge >= 0.3 is 6.18 Å². The quantitative estimate of drug-likeness (QED) is 0.301. The van der Waals surface area contributed by atoms with Gasteiger partial charge < -0.3 is 19.2 Å². The highest BCUT2D eigenvalue weighted by atomic mass is 35.5. The highest BCUT2D eigenvalue weighted by Gasteiger charge is 2.40. The number of carbonyl (C=O) groups is 1. The van der Waals surface area contributed by atoms with E-state index >= 15 is 0 Å². The van der Waals surface area contributed by atoms with Crippen molar-refractivity contribution in [2.24, 2.45) is 0 Å². The van der Waals surface area contributed by atoms with Crippen LogP contribution >= 0.6 is 11.6 Å². The molecule has 0 aliphatic heterocycles. The smallest absolute Gasteiger partial charge is 0.453 e. The number of alkyl halides is 3. The Balaban J connectivity index is 1.61.